The molecule has 2 aromatic carbocycles. The number of methoxy groups -OCH3 is 1. The van der Waals surface area contributed by atoms with Gasteiger partial charge in [0.15, 0.2) is 11.5 Å². The molecule has 1 N–H and O–H groups in total. The van der Waals surface area contributed by atoms with Gasteiger partial charge in [0.05, 0.1) is 26.0 Å². The van der Waals surface area contributed by atoms with E-state index in [9.17, 15) is 4.79 Å². The lowest BCUT2D eigenvalue weighted by molar-refractivity contribution is 0.102. The van der Waals surface area contributed by atoms with E-state index in [-0.39, 0.29) is 11.6 Å². The molecule has 138 valence electrons. The van der Waals surface area contributed by atoms with E-state index in [0.29, 0.717) is 46.6 Å². The average molecular weight is 385 g/mol. The Kier molecular flexibility index (Phi) is 4.73. The van der Waals surface area contributed by atoms with Crippen molar-refractivity contribution in [1.82, 2.24) is 4.98 Å². The minimum atomic E-state index is -0.365. The topological polar surface area (TPSA) is 69.7 Å². The second-order valence-electron chi connectivity index (χ2n) is 6.03. The molecule has 3 aromatic rings. The minimum Gasteiger partial charge on any atom is -0.495 e. The summed E-state index contributed by atoms with van der Waals surface area (Å²) in [7, 11) is 1.53. The Morgan fingerprint density at radius 2 is 1.93 bits per heavy atom. The number of carbonyl (C=O) groups is 1. The number of nitrogens with one attached hydrogen (secondary N) is 1. The monoisotopic (exact) mass is 384 g/mol. The fourth-order valence-corrected chi connectivity index (χ4v) is 3.14. The largest absolute Gasteiger partial charge is 0.495 e. The zero-order chi connectivity index (χ0) is 18.8. The molecule has 1 aliphatic rings. The van der Waals surface area contributed by atoms with E-state index in [0.717, 1.165) is 11.8 Å². The van der Waals surface area contributed by atoms with Gasteiger partial charge in [-0.1, -0.05) is 11.6 Å². The zero-order valence-corrected chi connectivity index (χ0v) is 15.4. The Balaban J connectivity index is 1.74. The molecule has 1 aliphatic heterocycles. The Hall–Kier alpha value is -2.99. The summed E-state index contributed by atoms with van der Waals surface area (Å²) in [5.74, 6) is 1.44. The van der Waals surface area contributed by atoms with Crippen molar-refractivity contribution in [2.24, 2.45) is 0 Å². The summed E-state index contributed by atoms with van der Waals surface area (Å²) in [5.41, 5.74) is 0.758. The number of pyridine rings is 1. The van der Waals surface area contributed by atoms with Gasteiger partial charge < -0.3 is 19.5 Å². The summed E-state index contributed by atoms with van der Waals surface area (Å²) >= 11 is 6.04. The summed E-state index contributed by atoms with van der Waals surface area (Å²) in [5, 5.41) is 4.84. The van der Waals surface area contributed by atoms with Crippen LogP contribution < -0.4 is 19.5 Å². The van der Waals surface area contributed by atoms with Crippen molar-refractivity contribution in [1.29, 1.82) is 0 Å². The number of rotatable bonds is 3. The molecule has 0 radical (unpaired) electrons. The van der Waals surface area contributed by atoms with E-state index >= 15 is 0 Å². The second kappa shape index (κ2) is 7.32. The van der Waals surface area contributed by atoms with Crippen molar-refractivity contribution in [3.63, 3.8) is 0 Å². The molecular weight excluding hydrogens is 368 g/mol. The molecule has 0 atom stereocenters. The van der Waals surface area contributed by atoms with Crippen LogP contribution >= 0.6 is 11.6 Å². The smallest absolute Gasteiger partial charge is 0.275 e. The lowest BCUT2D eigenvalue weighted by Crippen LogP contribution is -2.15. The van der Waals surface area contributed by atoms with Crippen LogP contribution in [0.25, 0.3) is 10.8 Å². The summed E-state index contributed by atoms with van der Waals surface area (Å²) in [6.07, 6.45) is 2.40. The molecule has 0 spiro atoms. The number of fused-ring (bicyclic) bond motifs is 2. The lowest BCUT2D eigenvalue weighted by Gasteiger charge is -2.13. The van der Waals surface area contributed by atoms with Crippen molar-refractivity contribution in [3.8, 4) is 17.2 Å². The number of hydrogen-bond donors (Lipinski definition) is 1. The number of carbonyl (C=O) groups excluding carboxylic acids is 1. The number of nitrogens with zero attached hydrogens (tertiary/aromatic N) is 1. The highest BCUT2D eigenvalue weighted by molar-refractivity contribution is 6.31. The van der Waals surface area contributed by atoms with Gasteiger partial charge >= 0.3 is 0 Å². The van der Waals surface area contributed by atoms with Crippen LogP contribution in [0.5, 0.6) is 17.2 Å². The summed E-state index contributed by atoms with van der Waals surface area (Å²) < 4.78 is 16.7. The first-order chi connectivity index (χ1) is 13.2. The molecule has 1 amide bonds. The molecule has 0 bridgehead atoms. The van der Waals surface area contributed by atoms with E-state index in [1.807, 2.05) is 12.1 Å². The molecule has 1 aromatic heterocycles. The molecule has 0 saturated carbocycles. The fourth-order valence-electron chi connectivity index (χ4n) is 2.97. The first kappa shape index (κ1) is 17.4. The SMILES string of the molecule is COc1ccc(Cl)cc1NC(=O)c1nccc2cc3c(cc12)OCCCO3. The maximum atomic E-state index is 12.9. The second-order valence-corrected chi connectivity index (χ2v) is 6.47. The number of halogens is 1. The summed E-state index contributed by atoms with van der Waals surface area (Å²) in [6, 6.07) is 10.5. The number of hydrogen-bond acceptors (Lipinski definition) is 5. The standard InChI is InChI=1S/C20H17ClN2O4/c1-25-16-4-3-13(21)10-15(16)23-20(24)19-14-11-18-17(26-7-2-8-27-18)9-12(14)5-6-22-19/h3-6,9-11H,2,7-8H2,1H3,(H,23,24). The van der Waals surface area contributed by atoms with Crippen LogP contribution in [-0.4, -0.2) is 31.2 Å². The van der Waals surface area contributed by atoms with Crippen LogP contribution in [0.15, 0.2) is 42.6 Å². The quantitative estimate of drug-likeness (QED) is 0.728. The van der Waals surface area contributed by atoms with Crippen LogP contribution in [0, 0.1) is 0 Å². The normalized spacial score (nSPS) is 13.1. The Morgan fingerprint density at radius 1 is 1.15 bits per heavy atom. The third-order valence-corrected chi connectivity index (χ3v) is 4.49. The van der Waals surface area contributed by atoms with Crippen LogP contribution in [0.4, 0.5) is 5.69 Å². The Morgan fingerprint density at radius 3 is 2.70 bits per heavy atom. The molecule has 4 rings (SSSR count). The van der Waals surface area contributed by atoms with Crippen molar-refractivity contribution >= 4 is 34.0 Å². The van der Waals surface area contributed by atoms with Crippen LogP contribution in [0.1, 0.15) is 16.9 Å². The first-order valence-electron chi connectivity index (χ1n) is 8.49. The van der Waals surface area contributed by atoms with Gasteiger partial charge in [-0.15, -0.1) is 0 Å². The molecule has 0 aliphatic carbocycles. The van der Waals surface area contributed by atoms with Crippen molar-refractivity contribution < 1.29 is 19.0 Å². The molecule has 7 heteroatoms. The molecule has 0 saturated heterocycles. The van der Waals surface area contributed by atoms with Crippen LogP contribution in [0.2, 0.25) is 5.02 Å². The number of amides is 1. The van der Waals surface area contributed by atoms with Gasteiger partial charge in [0.1, 0.15) is 11.4 Å². The van der Waals surface area contributed by atoms with Crippen molar-refractivity contribution in [2.45, 2.75) is 6.42 Å². The summed E-state index contributed by atoms with van der Waals surface area (Å²) in [6.45, 7) is 1.17. The van der Waals surface area contributed by atoms with Gasteiger partial charge in [-0.3, -0.25) is 9.78 Å². The third-order valence-electron chi connectivity index (χ3n) is 4.26. The van der Waals surface area contributed by atoms with Gasteiger partial charge in [0.2, 0.25) is 0 Å². The molecule has 0 unspecified atom stereocenters. The highest BCUT2D eigenvalue weighted by Crippen LogP contribution is 2.35. The van der Waals surface area contributed by atoms with Crippen molar-refractivity contribution in [2.75, 3.05) is 25.6 Å². The predicted molar refractivity (Wildman–Crippen MR) is 103 cm³/mol. The van der Waals surface area contributed by atoms with Gasteiger partial charge in [0.25, 0.3) is 5.91 Å². The van der Waals surface area contributed by atoms with E-state index in [4.69, 9.17) is 25.8 Å². The highest BCUT2D eigenvalue weighted by atomic mass is 35.5. The van der Waals surface area contributed by atoms with Crippen molar-refractivity contribution in [3.05, 3.63) is 53.3 Å². The van der Waals surface area contributed by atoms with Gasteiger partial charge in [-0.25, -0.2) is 0 Å². The predicted octanol–water partition coefficient (Wildman–Crippen LogP) is 4.31. The maximum Gasteiger partial charge on any atom is 0.275 e. The van der Waals surface area contributed by atoms with Gasteiger partial charge in [-0.05, 0) is 41.8 Å². The number of benzene rings is 2. The lowest BCUT2D eigenvalue weighted by atomic mass is 10.1. The number of aromatic nitrogens is 1. The molecule has 6 nitrogen and oxygen atoms in total. The molecular formula is C20H17ClN2O4. The molecule has 2 heterocycles. The first-order valence-corrected chi connectivity index (χ1v) is 8.87. The van der Waals surface area contributed by atoms with Crippen LogP contribution in [0.3, 0.4) is 0 Å². The molecule has 0 fully saturated rings. The molecule has 27 heavy (non-hydrogen) atoms. The van der Waals surface area contributed by atoms with Gasteiger partial charge in [0, 0.05) is 23.0 Å². The fraction of sp³-hybridized carbons (Fsp3) is 0.200. The van der Waals surface area contributed by atoms with E-state index < -0.39 is 0 Å². The highest BCUT2D eigenvalue weighted by Gasteiger charge is 2.18. The van der Waals surface area contributed by atoms with Gasteiger partial charge in [-0.2, -0.15) is 0 Å². The summed E-state index contributed by atoms with van der Waals surface area (Å²) in [4.78, 5) is 17.2. The Labute approximate surface area is 161 Å². The minimum absolute atomic E-state index is 0.283. The van der Waals surface area contributed by atoms with E-state index in [2.05, 4.69) is 10.3 Å². The third kappa shape index (κ3) is 3.48. The van der Waals surface area contributed by atoms with Crippen LogP contribution in [-0.2, 0) is 0 Å². The van der Waals surface area contributed by atoms with E-state index in [1.165, 1.54) is 7.11 Å². The Bertz CT molecular complexity index is 1020. The average Bonchev–Trinajstić information content (AvgIpc) is 2.90. The number of ether oxygens (including phenoxy) is 3. The van der Waals surface area contributed by atoms with E-state index in [1.54, 1.807) is 30.5 Å². The zero-order valence-electron chi connectivity index (χ0n) is 14.6. The number of anilines is 1. The maximum absolute atomic E-state index is 12.9.